The van der Waals surface area contributed by atoms with Crippen LogP contribution in [0.25, 0.3) is 5.69 Å². The zero-order chi connectivity index (χ0) is 24.1. The molecular weight excluding hydrogens is 428 g/mol. The molecule has 32 heavy (non-hydrogen) atoms. The Morgan fingerprint density at radius 1 is 1.19 bits per heavy atom. The standard InChI is InChI=1S/C24H35ClN4O3/c1-17-9-8-10-18(13-17)29-20(14-19(27-29)23(2,3)4)26-21(30)15-28(11-12-32-7)22(31)24(5,6)16-25/h8-10,13-14H,11-12,15-16H2,1-7H3,(H,26,30). The Bertz CT molecular complexity index is 947. The number of ether oxygens (including phenoxy) is 1. The second kappa shape index (κ2) is 10.5. The van der Waals surface area contributed by atoms with Gasteiger partial charge in [0.25, 0.3) is 0 Å². The Morgan fingerprint density at radius 2 is 1.88 bits per heavy atom. The second-order valence-corrected chi connectivity index (χ2v) is 9.97. The van der Waals surface area contributed by atoms with Crippen LogP contribution in [0.1, 0.15) is 45.9 Å². The van der Waals surface area contributed by atoms with Crippen molar-refractivity contribution in [2.75, 3.05) is 38.0 Å². The predicted molar refractivity (Wildman–Crippen MR) is 129 cm³/mol. The highest BCUT2D eigenvalue weighted by molar-refractivity contribution is 6.19. The molecule has 8 heteroatoms. The molecule has 0 saturated heterocycles. The van der Waals surface area contributed by atoms with Gasteiger partial charge in [-0.25, -0.2) is 4.68 Å². The Morgan fingerprint density at radius 3 is 2.44 bits per heavy atom. The molecule has 0 aliphatic rings. The minimum Gasteiger partial charge on any atom is -0.383 e. The van der Waals surface area contributed by atoms with Gasteiger partial charge in [0.05, 0.1) is 23.4 Å². The first-order chi connectivity index (χ1) is 14.9. The predicted octanol–water partition coefficient (Wildman–Crippen LogP) is 4.16. The minimum atomic E-state index is -0.779. The fraction of sp³-hybridized carbons (Fsp3) is 0.542. The van der Waals surface area contributed by atoms with E-state index in [2.05, 4.69) is 26.1 Å². The molecule has 0 aliphatic heterocycles. The van der Waals surface area contributed by atoms with Crippen LogP contribution in [0, 0.1) is 12.3 Å². The number of hydrogen-bond donors (Lipinski definition) is 1. The summed E-state index contributed by atoms with van der Waals surface area (Å²) < 4.78 is 6.86. The number of hydrogen-bond acceptors (Lipinski definition) is 4. The van der Waals surface area contributed by atoms with Gasteiger partial charge in [0.15, 0.2) is 0 Å². The molecule has 0 unspecified atom stereocenters. The zero-order valence-corrected chi connectivity index (χ0v) is 20.9. The van der Waals surface area contributed by atoms with Crippen LogP contribution in [-0.2, 0) is 19.7 Å². The molecule has 1 N–H and O–H groups in total. The van der Waals surface area contributed by atoms with Crippen LogP contribution in [-0.4, -0.2) is 59.2 Å². The van der Waals surface area contributed by atoms with E-state index in [4.69, 9.17) is 21.4 Å². The van der Waals surface area contributed by atoms with Gasteiger partial charge in [-0.2, -0.15) is 5.10 Å². The molecule has 1 aromatic heterocycles. The first kappa shape index (κ1) is 25.9. The number of aromatic nitrogens is 2. The Hall–Kier alpha value is -2.38. The molecule has 0 bridgehead atoms. The summed E-state index contributed by atoms with van der Waals surface area (Å²) in [6.07, 6.45) is 0. The van der Waals surface area contributed by atoms with Crippen molar-refractivity contribution < 1.29 is 14.3 Å². The maximum absolute atomic E-state index is 13.0. The molecule has 1 heterocycles. The number of nitrogens with zero attached hydrogens (tertiary/aromatic N) is 3. The number of benzene rings is 1. The second-order valence-electron chi connectivity index (χ2n) is 9.70. The van der Waals surface area contributed by atoms with E-state index in [1.807, 2.05) is 37.3 Å². The molecule has 7 nitrogen and oxygen atoms in total. The molecule has 0 saturated carbocycles. The molecule has 2 rings (SSSR count). The topological polar surface area (TPSA) is 76.5 Å². The van der Waals surface area contributed by atoms with Crippen molar-refractivity contribution in [2.24, 2.45) is 5.41 Å². The summed E-state index contributed by atoms with van der Waals surface area (Å²) in [6, 6.07) is 9.79. The van der Waals surface area contributed by atoms with Gasteiger partial charge in [-0.05, 0) is 38.5 Å². The maximum Gasteiger partial charge on any atom is 0.245 e. The number of rotatable bonds is 9. The van der Waals surface area contributed by atoms with Crippen LogP contribution in [0.2, 0.25) is 0 Å². The number of aryl methyl sites for hydroxylation is 1. The van der Waals surface area contributed by atoms with Crippen LogP contribution >= 0.6 is 11.6 Å². The third kappa shape index (κ3) is 6.56. The lowest BCUT2D eigenvalue weighted by Gasteiger charge is -2.30. The lowest BCUT2D eigenvalue weighted by molar-refractivity contribution is -0.142. The average molecular weight is 463 g/mol. The summed E-state index contributed by atoms with van der Waals surface area (Å²) in [7, 11) is 1.56. The van der Waals surface area contributed by atoms with Crippen molar-refractivity contribution in [2.45, 2.75) is 47.0 Å². The average Bonchev–Trinajstić information content (AvgIpc) is 3.14. The molecular formula is C24H35ClN4O3. The largest absolute Gasteiger partial charge is 0.383 e. The number of amides is 2. The summed E-state index contributed by atoms with van der Waals surface area (Å²) >= 11 is 5.99. The highest BCUT2D eigenvalue weighted by atomic mass is 35.5. The maximum atomic E-state index is 13.0. The first-order valence-corrected chi connectivity index (χ1v) is 11.2. The van der Waals surface area contributed by atoms with Crippen LogP contribution in [0.15, 0.2) is 30.3 Å². The van der Waals surface area contributed by atoms with Gasteiger partial charge in [0, 0.05) is 31.0 Å². The molecule has 2 aromatic rings. The van der Waals surface area contributed by atoms with E-state index in [0.29, 0.717) is 19.0 Å². The van der Waals surface area contributed by atoms with Gasteiger partial charge < -0.3 is 15.0 Å². The number of carbonyl (C=O) groups excluding carboxylic acids is 2. The van der Waals surface area contributed by atoms with Crippen molar-refractivity contribution in [3.8, 4) is 5.69 Å². The van der Waals surface area contributed by atoms with Crippen molar-refractivity contribution in [3.05, 3.63) is 41.6 Å². The summed E-state index contributed by atoms with van der Waals surface area (Å²) in [5, 5.41) is 7.69. The van der Waals surface area contributed by atoms with Gasteiger partial charge in [-0.15, -0.1) is 11.6 Å². The quantitative estimate of drug-likeness (QED) is 0.568. The SMILES string of the molecule is COCCN(CC(=O)Nc1cc(C(C)(C)C)nn1-c1cccc(C)c1)C(=O)C(C)(C)CCl. The van der Waals surface area contributed by atoms with E-state index >= 15 is 0 Å². The van der Waals surface area contributed by atoms with Crippen LogP contribution in [0.4, 0.5) is 5.82 Å². The van der Waals surface area contributed by atoms with Crippen molar-refractivity contribution in [3.63, 3.8) is 0 Å². The molecule has 0 radical (unpaired) electrons. The Labute approximate surface area is 196 Å². The minimum absolute atomic E-state index is 0.105. The summed E-state index contributed by atoms with van der Waals surface area (Å²) in [5.41, 5.74) is 1.82. The number of carbonyl (C=O) groups is 2. The number of anilines is 1. The highest BCUT2D eigenvalue weighted by Gasteiger charge is 2.32. The van der Waals surface area contributed by atoms with E-state index < -0.39 is 5.41 Å². The fourth-order valence-electron chi connectivity index (χ4n) is 3.09. The van der Waals surface area contributed by atoms with Crippen molar-refractivity contribution in [1.29, 1.82) is 0 Å². The molecule has 0 atom stereocenters. The van der Waals surface area contributed by atoms with Gasteiger partial charge in [0.1, 0.15) is 12.4 Å². The number of halogens is 1. The number of nitrogens with one attached hydrogen (secondary N) is 1. The summed E-state index contributed by atoms with van der Waals surface area (Å²) in [6.45, 7) is 12.3. The number of methoxy groups -OCH3 is 1. The van der Waals surface area contributed by atoms with Crippen molar-refractivity contribution >= 4 is 29.2 Å². The summed E-state index contributed by atoms with van der Waals surface area (Å²) in [4.78, 5) is 27.4. The van der Waals surface area contributed by atoms with Gasteiger partial charge in [0.2, 0.25) is 11.8 Å². The zero-order valence-electron chi connectivity index (χ0n) is 20.2. The van der Waals surface area contributed by atoms with E-state index in [1.165, 1.54) is 4.90 Å². The normalized spacial score (nSPS) is 12.0. The Balaban J connectivity index is 2.32. The van der Waals surface area contributed by atoms with E-state index in [0.717, 1.165) is 16.9 Å². The van der Waals surface area contributed by atoms with E-state index in [1.54, 1.807) is 25.6 Å². The van der Waals surface area contributed by atoms with Crippen LogP contribution < -0.4 is 5.32 Å². The molecule has 0 fully saturated rings. The van der Waals surface area contributed by atoms with E-state index in [9.17, 15) is 9.59 Å². The van der Waals surface area contributed by atoms with Gasteiger partial charge >= 0.3 is 0 Å². The van der Waals surface area contributed by atoms with Gasteiger partial charge in [-0.3, -0.25) is 9.59 Å². The first-order valence-electron chi connectivity index (χ1n) is 10.7. The highest BCUT2D eigenvalue weighted by Crippen LogP contribution is 2.27. The Kier molecular flexibility index (Phi) is 8.48. The third-order valence-electron chi connectivity index (χ3n) is 5.09. The van der Waals surface area contributed by atoms with Gasteiger partial charge in [-0.1, -0.05) is 32.9 Å². The van der Waals surface area contributed by atoms with Crippen LogP contribution in [0.5, 0.6) is 0 Å². The molecule has 176 valence electrons. The molecule has 1 aromatic carbocycles. The molecule has 0 aliphatic carbocycles. The van der Waals surface area contributed by atoms with Crippen molar-refractivity contribution in [1.82, 2.24) is 14.7 Å². The number of alkyl halides is 1. The monoisotopic (exact) mass is 462 g/mol. The fourth-order valence-corrected chi connectivity index (χ4v) is 3.20. The van der Waals surface area contributed by atoms with E-state index in [-0.39, 0.29) is 29.7 Å². The lowest BCUT2D eigenvalue weighted by atomic mass is 9.92. The molecule has 0 spiro atoms. The van der Waals surface area contributed by atoms with Crippen LogP contribution in [0.3, 0.4) is 0 Å². The molecule has 2 amide bonds. The lowest BCUT2D eigenvalue weighted by Crippen LogP contribution is -2.46. The summed E-state index contributed by atoms with van der Waals surface area (Å²) in [5.74, 6) is 0.212. The third-order valence-corrected chi connectivity index (χ3v) is 5.76. The smallest absolute Gasteiger partial charge is 0.245 e.